The summed E-state index contributed by atoms with van der Waals surface area (Å²) in [5.74, 6) is 0.676. The Kier molecular flexibility index (Phi) is 11.6. The van der Waals surface area contributed by atoms with Crippen molar-refractivity contribution in [3.63, 3.8) is 0 Å². The first-order chi connectivity index (χ1) is 22.8. The number of hydrogen-bond donors (Lipinski definition) is 0. The first-order valence-electron chi connectivity index (χ1n) is 15.8. The molecule has 0 radical (unpaired) electrons. The van der Waals surface area contributed by atoms with E-state index >= 15 is 0 Å². The van der Waals surface area contributed by atoms with Gasteiger partial charge in [-0.3, -0.25) is 0 Å². The Morgan fingerprint density at radius 1 is 0.413 bits per heavy atom. The fourth-order valence-corrected chi connectivity index (χ4v) is 5.48. The fourth-order valence-electron chi connectivity index (χ4n) is 5.48. The summed E-state index contributed by atoms with van der Waals surface area (Å²) in [5.41, 5.74) is 4.23. The molecule has 1 heterocycles. The average molecular weight is 617 g/mol. The van der Waals surface area contributed by atoms with Crippen molar-refractivity contribution in [1.29, 1.82) is 0 Å². The molecule has 6 nitrogen and oxygen atoms in total. The first kappa shape index (κ1) is 31.7. The lowest BCUT2D eigenvalue weighted by Crippen LogP contribution is -2.62. The molecular weight excluding hydrogens is 576 g/mol. The molecule has 1 saturated heterocycles. The average Bonchev–Trinajstić information content (AvgIpc) is 3.12. The lowest BCUT2D eigenvalue weighted by molar-refractivity contribution is -0.310. The number of rotatable bonds is 15. The van der Waals surface area contributed by atoms with E-state index in [0.717, 1.165) is 22.3 Å². The van der Waals surface area contributed by atoms with Crippen LogP contribution in [-0.2, 0) is 50.1 Å². The van der Waals surface area contributed by atoms with Crippen LogP contribution in [0.3, 0.4) is 0 Å². The fraction of sp³-hybridized carbons (Fsp3) is 0.250. The minimum atomic E-state index is -0.784. The van der Waals surface area contributed by atoms with Crippen molar-refractivity contribution >= 4 is 0 Å². The predicted octanol–water partition coefficient (Wildman–Crippen LogP) is 7.76. The van der Waals surface area contributed by atoms with Gasteiger partial charge < -0.3 is 28.4 Å². The van der Waals surface area contributed by atoms with Crippen LogP contribution in [0.15, 0.2) is 152 Å². The summed E-state index contributed by atoms with van der Waals surface area (Å²) in [7, 11) is 0. The largest absolute Gasteiger partial charge is 0.462 e. The minimum absolute atomic E-state index is 0.277. The smallest absolute Gasteiger partial charge is 0.229 e. The maximum atomic E-state index is 6.77. The van der Waals surface area contributed by atoms with Crippen molar-refractivity contribution in [3.8, 4) is 5.75 Å². The number of para-hydroxylation sites is 1. The SMILES string of the molecule is c1ccc(COC[C@H]2O[C@@H](Oc3ccccc3)[C@H](OCc3ccccc3)[C@@H](OCc3ccccc3)[C@H]2OCc2ccccc2)cc1. The molecule has 0 amide bonds. The zero-order valence-corrected chi connectivity index (χ0v) is 25.8. The van der Waals surface area contributed by atoms with Gasteiger partial charge in [-0.25, -0.2) is 0 Å². The van der Waals surface area contributed by atoms with Crippen LogP contribution in [0.25, 0.3) is 0 Å². The Labute approximate surface area is 271 Å². The third-order valence-corrected chi connectivity index (χ3v) is 7.84. The standard InChI is InChI=1S/C40H40O6/c1-6-16-31(17-7-1)26-41-30-36-37(42-27-32-18-8-2-9-19-32)38(43-28-33-20-10-3-11-21-33)39(44-29-34-22-12-4-13-23-34)40(46-36)45-35-24-14-5-15-25-35/h1-25,36-40H,26-30H2/t36-,37+,38+,39-,40-/m1/s1. The predicted molar refractivity (Wildman–Crippen MR) is 177 cm³/mol. The third kappa shape index (κ3) is 9.13. The van der Waals surface area contributed by atoms with Crippen molar-refractivity contribution in [2.24, 2.45) is 0 Å². The number of ether oxygens (including phenoxy) is 6. The van der Waals surface area contributed by atoms with Crippen molar-refractivity contribution < 1.29 is 28.4 Å². The van der Waals surface area contributed by atoms with Crippen LogP contribution in [-0.4, -0.2) is 37.3 Å². The van der Waals surface area contributed by atoms with Gasteiger partial charge in [-0.15, -0.1) is 0 Å². The second-order valence-electron chi connectivity index (χ2n) is 11.3. The molecule has 6 heteroatoms. The summed E-state index contributed by atoms with van der Waals surface area (Å²) in [6.07, 6.45) is -2.96. The van der Waals surface area contributed by atoms with Crippen LogP contribution in [0.2, 0.25) is 0 Å². The molecule has 5 aromatic rings. The van der Waals surface area contributed by atoms with E-state index in [-0.39, 0.29) is 6.61 Å². The van der Waals surface area contributed by atoms with Gasteiger partial charge in [0.1, 0.15) is 30.2 Å². The summed E-state index contributed by atoms with van der Waals surface area (Å²) in [4.78, 5) is 0. The molecule has 1 fully saturated rings. The monoisotopic (exact) mass is 616 g/mol. The Bertz CT molecular complexity index is 1540. The number of hydrogen-bond acceptors (Lipinski definition) is 6. The summed E-state index contributed by atoms with van der Waals surface area (Å²) in [6, 6.07) is 50.1. The van der Waals surface area contributed by atoms with Crippen molar-refractivity contribution in [2.75, 3.05) is 6.61 Å². The van der Waals surface area contributed by atoms with Crippen LogP contribution < -0.4 is 4.74 Å². The minimum Gasteiger partial charge on any atom is -0.462 e. The molecule has 0 bridgehead atoms. The third-order valence-electron chi connectivity index (χ3n) is 7.84. The summed E-state index contributed by atoms with van der Waals surface area (Å²) < 4.78 is 39.6. The van der Waals surface area contributed by atoms with E-state index < -0.39 is 30.7 Å². The molecular formula is C40H40O6. The maximum Gasteiger partial charge on any atom is 0.229 e. The molecule has 5 aromatic carbocycles. The number of benzene rings is 5. The van der Waals surface area contributed by atoms with Gasteiger partial charge >= 0.3 is 0 Å². The highest BCUT2D eigenvalue weighted by molar-refractivity contribution is 5.22. The van der Waals surface area contributed by atoms with E-state index in [0.29, 0.717) is 32.2 Å². The highest BCUT2D eigenvalue weighted by Crippen LogP contribution is 2.32. The quantitative estimate of drug-likeness (QED) is 0.120. The van der Waals surface area contributed by atoms with Gasteiger partial charge in [0, 0.05) is 0 Å². The van der Waals surface area contributed by atoms with Gasteiger partial charge in [-0.05, 0) is 34.4 Å². The topological polar surface area (TPSA) is 55.4 Å². The van der Waals surface area contributed by atoms with Gasteiger partial charge in [-0.1, -0.05) is 140 Å². The Balaban J connectivity index is 1.31. The molecule has 236 valence electrons. The zero-order valence-electron chi connectivity index (χ0n) is 25.8. The summed E-state index contributed by atoms with van der Waals surface area (Å²) in [5, 5.41) is 0. The lowest BCUT2D eigenvalue weighted by atomic mass is 9.97. The van der Waals surface area contributed by atoms with Gasteiger partial charge in [0.05, 0.1) is 33.0 Å². The molecule has 0 N–H and O–H groups in total. The Hall–Kier alpha value is -4.30. The van der Waals surface area contributed by atoms with Crippen molar-refractivity contribution in [3.05, 3.63) is 174 Å². The Morgan fingerprint density at radius 2 is 0.804 bits per heavy atom. The van der Waals surface area contributed by atoms with Gasteiger partial charge in [-0.2, -0.15) is 0 Å². The van der Waals surface area contributed by atoms with Crippen LogP contribution >= 0.6 is 0 Å². The second-order valence-corrected chi connectivity index (χ2v) is 11.3. The van der Waals surface area contributed by atoms with Crippen LogP contribution in [0, 0.1) is 0 Å². The van der Waals surface area contributed by atoms with Gasteiger partial charge in [0.25, 0.3) is 0 Å². The van der Waals surface area contributed by atoms with E-state index in [9.17, 15) is 0 Å². The molecule has 0 aromatic heterocycles. The van der Waals surface area contributed by atoms with Crippen LogP contribution in [0.5, 0.6) is 5.75 Å². The molecule has 6 rings (SSSR count). The molecule has 0 aliphatic carbocycles. The zero-order chi connectivity index (χ0) is 31.2. The molecule has 46 heavy (non-hydrogen) atoms. The molecule has 5 atom stereocenters. The highest BCUT2D eigenvalue weighted by Gasteiger charge is 2.49. The van der Waals surface area contributed by atoms with E-state index in [1.54, 1.807) is 0 Å². The van der Waals surface area contributed by atoms with E-state index in [1.165, 1.54) is 0 Å². The van der Waals surface area contributed by atoms with E-state index in [4.69, 9.17) is 28.4 Å². The lowest BCUT2D eigenvalue weighted by Gasteiger charge is -2.45. The van der Waals surface area contributed by atoms with E-state index in [2.05, 4.69) is 24.3 Å². The molecule has 1 aliphatic heterocycles. The van der Waals surface area contributed by atoms with Crippen LogP contribution in [0.1, 0.15) is 22.3 Å². The second kappa shape index (κ2) is 16.9. The first-order valence-corrected chi connectivity index (χ1v) is 15.8. The van der Waals surface area contributed by atoms with Crippen molar-refractivity contribution in [2.45, 2.75) is 57.1 Å². The summed E-state index contributed by atoms with van der Waals surface area (Å²) in [6.45, 7) is 1.83. The van der Waals surface area contributed by atoms with Gasteiger partial charge in [0.2, 0.25) is 6.29 Å². The molecule has 0 saturated carbocycles. The summed E-state index contributed by atoms with van der Waals surface area (Å²) >= 11 is 0. The molecule has 0 spiro atoms. The van der Waals surface area contributed by atoms with Crippen molar-refractivity contribution in [1.82, 2.24) is 0 Å². The van der Waals surface area contributed by atoms with E-state index in [1.807, 2.05) is 127 Å². The maximum absolute atomic E-state index is 6.77. The highest BCUT2D eigenvalue weighted by atomic mass is 16.7. The molecule has 0 unspecified atom stereocenters. The Morgan fingerprint density at radius 3 is 1.28 bits per heavy atom. The van der Waals surface area contributed by atoms with Gasteiger partial charge in [0.15, 0.2) is 0 Å². The molecule has 1 aliphatic rings. The normalized spacial score (nSPS) is 21.1. The van der Waals surface area contributed by atoms with Crippen LogP contribution in [0.4, 0.5) is 0 Å².